The van der Waals surface area contributed by atoms with Crippen molar-refractivity contribution in [2.24, 2.45) is 0 Å². The van der Waals surface area contributed by atoms with Crippen molar-refractivity contribution >= 4 is 11.5 Å². The highest BCUT2D eigenvalue weighted by molar-refractivity contribution is 5.91. The van der Waals surface area contributed by atoms with Crippen LogP contribution in [0.5, 0.6) is 0 Å². The van der Waals surface area contributed by atoms with E-state index in [0.717, 1.165) is 35.1 Å². The second kappa shape index (κ2) is 5.67. The molecule has 1 N–H and O–H groups in total. The Bertz CT molecular complexity index is 433. The molecule has 0 aliphatic carbocycles. The molecule has 0 bridgehead atoms. The van der Waals surface area contributed by atoms with E-state index in [1.807, 2.05) is 13.8 Å². The fraction of sp³-hybridized carbons (Fsp3) is 0.400. The molecule has 92 valence electrons. The van der Waals surface area contributed by atoms with Crippen LogP contribution in [0.1, 0.15) is 42.0 Å². The topological polar surface area (TPSA) is 37.3 Å². The lowest BCUT2D eigenvalue weighted by Gasteiger charge is -2.14. The van der Waals surface area contributed by atoms with Crippen LogP contribution < -0.4 is 0 Å². The van der Waals surface area contributed by atoms with Crippen LogP contribution in [0, 0.1) is 20.8 Å². The summed E-state index contributed by atoms with van der Waals surface area (Å²) in [5.41, 5.74) is 5.55. The molecule has 17 heavy (non-hydrogen) atoms. The van der Waals surface area contributed by atoms with E-state index < -0.39 is 5.97 Å². The first kappa shape index (κ1) is 13.5. The second-order valence-corrected chi connectivity index (χ2v) is 4.53. The van der Waals surface area contributed by atoms with Crippen LogP contribution in [0.4, 0.5) is 0 Å². The largest absolute Gasteiger partial charge is 0.478 e. The average Bonchev–Trinajstić information content (AvgIpc) is 2.14. The van der Waals surface area contributed by atoms with Crippen molar-refractivity contribution in [3.05, 3.63) is 40.5 Å². The van der Waals surface area contributed by atoms with Gasteiger partial charge in [-0.2, -0.15) is 0 Å². The van der Waals surface area contributed by atoms with Gasteiger partial charge in [-0.1, -0.05) is 31.0 Å². The van der Waals surface area contributed by atoms with E-state index in [2.05, 4.69) is 26.0 Å². The van der Waals surface area contributed by atoms with Crippen molar-refractivity contribution in [3.63, 3.8) is 0 Å². The van der Waals surface area contributed by atoms with E-state index in [1.165, 1.54) is 11.6 Å². The van der Waals surface area contributed by atoms with Crippen molar-refractivity contribution in [1.82, 2.24) is 0 Å². The van der Waals surface area contributed by atoms with Gasteiger partial charge in [0.1, 0.15) is 0 Å². The fourth-order valence-electron chi connectivity index (χ4n) is 2.37. The molecule has 2 nitrogen and oxygen atoms in total. The van der Waals surface area contributed by atoms with Crippen LogP contribution in [0.3, 0.4) is 0 Å². The number of aryl methyl sites for hydroxylation is 3. The summed E-state index contributed by atoms with van der Waals surface area (Å²) in [6.07, 6.45) is 3.09. The van der Waals surface area contributed by atoms with E-state index in [-0.39, 0.29) is 0 Å². The lowest BCUT2D eigenvalue weighted by molar-refractivity contribution is -0.131. The average molecular weight is 232 g/mol. The predicted molar refractivity (Wildman–Crippen MR) is 71.2 cm³/mol. The van der Waals surface area contributed by atoms with Crippen LogP contribution in [0.15, 0.2) is 18.2 Å². The van der Waals surface area contributed by atoms with Gasteiger partial charge in [0.2, 0.25) is 0 Å². The van der Waals surface area contributed by atoms with Gasteiger partial charge in [-0.05, 0) is 49.5 Å². The van der Waals surface area contributed by atoms with Crippen LogP contribution in [0.2, 0.25) is 0 Å². The van der Waals surface area contributed by atoms with Gasteiger partial charge in [0.15, 0.2) is 0 Å². The normalized spacial score (nSPS) is 11.6. The molecule has 1 aromatic rings. The number of carbonyl (C=O) groups is 1. The zero-order chi connectivity index (χ0) is 13.0. The minimum atomic E-state index is -0.868. The Labute approximate surface area is 103 Å². The molecule has 1 aromatic carbocycles. The molecule has 1 rings (SSSR count). The maximum Gasteiger partial charge on any atom is 0.328 e. The minimum absolute atomic E-state index is 0.803. The Balaban J connectivity index is 3.33. The van der Waals surface area contributed by atoms with Gasteiger partial charge in [0.05, 0.1) is 0 Å². The number of hydrogen-bond acceptors (Lipinski definition) is 1. The fourth-order valence-corrected chi connectivity index (χ4v) is 2.37. The van der Waals surface area contributed by atoms with Gasteiger partial charge in [-0.3, -0.25) is 0 Å². The number of rotatable bonds is 4. The van der Waals surface area contributed by atoms with Gasteiger partial charge < -0.3 is 5.11 Å². The molecule has 0 spiro atoms. The smallest absolute Gasteiger partial charge is 0.328 e. The first-order chi connectivity index (χ1) is 7.95. The number of carboxylic acids is 1. The van der Waals surface area contributed by atoms with Crippen molar-refractivity contribution in [1.29, 1.82) is 0 Å². The summed E-state index contributed by atoms with van der Waals surface area (Å²) in [5, 5.41) is 8.93. The molecule has 2 heteroatoms. The molecule has 0 saturated carbocycles. The molecule has 0 aliphatic rings. The molecule has 0 unspecified atom stereocenters. The molecule has 0 aliphatic heterocycles. The summed E-state index contributed by atoms with van der Waals surface area (Å²) in [7, 11) is 0. The number of carboxylic acid groups (broad SMARTS) is 1. The van der Waals surface area contributed by atoms with E-state index >= 15 is 0 Å². The Kier molecular flexibility index (Phi) is 4.50. The first-order valence-corrected chi connectivity index (χ1v) is 5.97. The van der Waals surface area contributed by atoms with Crippen molar-refractivity contribution in [2.75, 3.05) is 0 Å². The highest BCUT2D eigenvalue weighted by Gasteiger charge is 2.10. The summed E-state index contributed by atoms with van der Waals surface area (Å²) < 4.78 is 0. The summed E-state index contributed by atoms with van der Waals surface area (Å²) in [6, 6.07) is 4.21. The van der Waals surface area contributed by atoms with Gasteiger partial charge in [-0.15, -0.1) is 0 Å². The highest BCUT2D eigenvalue weighted by atomic mass is 16.4. The standard InChI is InChI=1S/C15H20O2/c1-5-6-13(9-14(16)17)15-11(3)7-10(2)8-12(15)4/h7-9H,5-6H2,1-4H3,(H,16,17)/b13-9+. The third kappa shape index (κ3) is 3.45. The van der Waals surface area contributed by atoms with Crippen LogP contribution in [-0.4, -0.2) is 11.1 Å². The van der Waals surface area contributed by atoms with E-state index in [9.17, 15) is 4.79 Å². The first-order valence-electron chi connectivity index (χ1n) is 5.97. The maximum atomic E-state index is 10.9. The van der Waals surface area contributed by atoms with E-state index in [4.69, 9.17) is 5.11 Å². The summed E-state index contributed by atoms with van der Waals surface area (Å²) >= 11 is 0. The lowest BCUT2D eigenvalue weighted by Crippen LogP contribution is -1.98. The molecular weight excluding hydrogens is 212 g/mol. The van der Waals surface area contributed by atoms with Gasteiger partial charge in [0.25, 0.3) is 0 Å². The second-order valence-electron chi connectivity index (χ2n) is 4.53. The Morgan fingerprint density at radius 3 is 2.18 bits per heavy atom. The summed E-state index contributed by atoms with van der Waals surface area (Å²) in [6.45, 7) is 8.21. The zero-order valence-electron chi connectivity index (χ0n) is 11.0. The summed E-state index contributed by atoms with van der Waals surface area (Å²) in [4.78, 5) is 10.9. The SMILES string of the molecule is CCC/C(=C\C(=O)O)c1c(C)cc(C)cc1C. The van der Waals surface area contributed by atoms with Crippen molar-refractivity contribution in [3.8, 4) is 0 Å². The molecule has 0 atom stereocenters. The highest BCUT2D eigenvalue weighted by Crippen LogP contribution is 2.27. The van der Waals surface area contributed by atoms with Crippen LogP contribution in [0.25, 0.3) is 5.57 Å². The number of hydrogen-bond donors (Lipinski definition) is 1. The quantitative estimate of drug-likeness (QED) is 0.800. The monoisotopic (exact) mass is 232 g/mol. The van der Waals surface area contributed by atoms with Crippen LogP contribution in [-0.2, 0) is 4.79 Å². The summed E-state index contributed by atoms with van der Waals surface area (Å²) in [5.74, 6) is -0.868. The van der Waals surface area contributed by atoms with Crippen LogP contribution >= 0.6 is 0 Å². The number of benzene rings is 1. The van der Waals surface area contributed by atoms with Crippen molar-refractivity contribution < 1.29 is 9.90 Å². The third-order valence-electron chi connectivity index (χ3n) is 2.82. The minimum Gasteiger partial charge on any atom is -0.478 e. The lowest BCUT2D eigenvalue weighted by atomic mass is 9.91. The molecule has 0 heterocycles. The Morgan fingerprint density at radius 1 is 1.24 bits per heavy atom. The number of allylic oxidation sites excluding steroid dienone is 1. The molecular formula is C15H20O2. The molecule has 0 saturated heterocycles. The Hall–Kier alpha value is -1.57. The molecule has 0 aromatic heterocycles. The van der Waals surface area contributed by atoms with E-state index in [0.29, 0.717) is 0 Å². The third-order valence-corrected chi connectivity index (χ3v) is 2.82. The Morgan fingerprint density at radius 2 is 1.76 bits per heavy atom. The predicted octanol–water partition coefficient (Wildman–Crippen LogP) is 3.88. The van der Waals surface area contributed by atoms with Crippen molar-refractivity contribution in [2.45, 2.75) is 40.5 Å². The van der Waals surface area contributed by atoms with Gasteiger partial charge in [0, 0.05) is 6.08 Å². The maximum absolute atomic E-state index is 10.9. The van der Waals surface area contributed by atoms with E-state index in [1.54, 1.807) is 0 Å². The molecule has 0 amide bonds. The van der Waals surface area contributed by atoms with Gasteiger partial charge in [-0.25, -0.2) is 4.79 Å². The van der Waals surface area contributed by atoms with Gasteiger partial charge >= 0.3 is 5.97 Å². The molecule has 0 radical (unpaired) electrons. The number of aliphatic carboxylic acids is 1. The molecule has 0 fully saturated rings. The zero-order valence-corrected chi connectivity index (χ0v) is 11.0.